The number of ether oxygens (including phenoxy) is 1. The molecule has 0 spiro atoms. The fourth-order valence-corrected chi connectivity index (χ4v) is 4.51. The fraction of sp³-hybridized carbons (Fsp3) is 0.565. The van der Waals surface area contributed by atoms with E-state index in [4.69, 9.17) is 9.16 Å². The van der Waals surface area contributed by atoms with Gasteiger partial charge in [0, 0.05) is 16.3 Å². The number of aryl methyl sites for hydroxylation is 2. The van der Waals surface area contributed by atoms with Crippen LogP contribution in [0, 0.1) is 13.8 Å². The van der Waals surface area contributed by atoms with Crippen molar-refractivity contribution in [1.29, 1.82) is 0 Å². The van der Waals surface area contributed by atoms with Crippen molar-refractivity contribution in [2.75, 3.05) is 7.11 Å². The van der Waals surface area contributed by atoms with E-state index in [-0.39, 0.29) is 5.04 Å². The summed E-state index contributed by atoms with van der Waals surface area (Å²) in [6, 6.07) is 4.40. The lowest BCUT2D eigenvalue weighted by atomic mass is 9.90. The minimum Gasteiger partial charge on any atom is -0.543 e. The van der Waals surface area contributed by atoms with Crippen LogP contribution in [0.1, 0.15) is 56.9 Å². The molecule has 0 saturated heterocycles. The Morgan fingerprint density at radius 2 is 1.27 bits per heavy atom. The van der Waals surface area contributed by atoms with E-state index in [0.29, 0.717) is 0 Å². The lowest BCUT2D eigenvalue weighted by molar-refractivity contribution is 0.413. The van der Waals surface area contributed by atoms with E-state index >= 15 is 0 Å². The SMILES string of the molecule is CCc1c(CC)c(O[Si](C)(C)C(C)(C)C)c2c(C)ccc(C)c2c1OC. The summed E-state index contributed by atoms with van der Waals surface area (Å²) < 4.78 is 12.9. The van der Waals surface area contributed by atoms with Crippen LogP contribution in [0.25, 0.3) is 10.8 Å². The first-order valence-electron chi connectivity index (χ1n) is 9.80. The molecule has 0 aromatic heterocycles. The van der Waals surface area contributed by atoms with Crippen LogP contribution in [0.2, 0.25) is 18.1 Å². The van der Waals surface area contributed by atoms with Crippen molar-refractivity contribution in [3.63, 3.8) is 0 Å². The molecule has 2 aromatic rings. The van der Waals surface area contributed by atoms with Gasteiger partial charge in [0.25, 0.3) is 8.32 Å². The highest BCUT2D eigenvalue weighted by atomic mass is 28.4. The summed E-state index contributed by atoms with van der Waals surface area (Å²) in [7, 11) is -0.160. The first-order valence-corrected chi connectivity index (χ1v) is 12.7. The van der Waals surface area contributed by atoms with Crippen molar-refractivity contribution in [3.8, 4) is 11.5 Å². The summed E-state index contributed by atoms with van der Waals surface area (Å²) in [6.07, 6.45) is 1.90. The molecular formula is C23H36O2Si. The first-order chi connectivity index (χ1) is 12.0. The average Bonchev–Trinajstić information content (AvgIpc) is 2.55. The maximum absolute atomic E-state index is 6.96. The summed E-state index contributed by atoms with van der Waals surface area (Å²) in [5, 5.41) is 2.62. The smallest absolute Gasteiger partial charge is 0.250 e. The molecule has 0 amide bonds. The molecule has 2 rings (SSSR count). The van der Waals surface area contributed by atoms with Crippen molar-refractivity contribution in [2.24, 2.45) is 0 Å². The third kappa shape index (κ3) is 3.38. The Bertz CT molecular complexity index is 814. The quantitative estimate of drug-likeness (QED) is 0.527. The second-order valence-electron chi connectivity index (χ2n) is 8.84. The molecule has 0 atom stereocenters. The molecule has 0 N–H and O–H groups in total. The lowest BCUT2D eigenvalue weighted by Gasteiger charge is -2.38. The minimum absolute atomic E-state index is 0.161. The van der Waals surface area contributed by atoms with Crippen LogP contribution >= 0.6 is 0 Å². The predicted molar refractivity (Wildman–Crippen MR) is 117 cm³/mol. The molecule has 0 saturated carbocycles. The highest BCUT2D eigenvalue weighted by molar-refractivity contribution is 6.74. The highest BCUT2D eigenvalue weighted by Crippen LogP contribution is 2.47. The molecule has 0 aliphatic carbocycles. The summed E-state index contributed by atoms with van der Waals surface area (Å²) >= 11 is 0. The minimum atomic E-state index is -1.96. The fourth-order valence-electron chi connectivity index (χ4n) is 3.47. The van der Waals surface area contributed by atoms with Crippen LogP contribution in [-0.2, 0) is 12.8 Å². The Morgan fingerprint density at radius 3 is 1.65 bits per heavy atom. The van der Waals surface area contributed by atoms with Crippen LogP contribution < -0.4 is 9.16 Å². The molecule has 0 heterocycles. The van der Waals surface area contributed by atoms with Gasteiger partial charge in [0.15, 0.2) is 0 Å². The van der Waals surface area contributed by atoms with Crippen LogP contribution in [-0.4, -0.2) is 15.4 Å². The number of hydrogen-bond acceptors (Lipinski definition) is 2. The van der Waals surface area contributed by atoms with Gasteiger partial charge in [-0.25, -0.2) is 0 Å². The Balaban J connectivity index is 2.99. The summed E-state index contributed by atoms with van der Waals surface area (Å²) in [5.41, 5.74) is 5.12. The number of methoxy groups -OCH3 is 1. The second-order valence-corrected chi connectivity index (χ2v) is 13.6. The van der Waals surface area contributed by atoms with Gasteiger partial charge in [-0.15, -0.1) is 0 Å². The topological polar surface area (TPSA) is 18.5 Å². The molecule has 0 aliphatic heterocycles. The third-order valence-electron chi connectivity index (χ3n) is 6.06. The van der Waals surface area contributed by atoms with Crippen LogP contribution in [0.4, 0.5) is 0 Å². The van der Waals surface area contributed by atoms with E-state index in [2.05, 4.69) is 73.7 Å². The molecule has 0 fully saturated rings. The van der Waals surface area contributed by atoms with Crippen molar-refractivity contribution in [3.05, 3.63) is 34.4 Å². The molecule has 3 heteroatoms. The molecule has 0 unspecified atom stereocenters. The van der Waals surface area contributed by atoms with Gasteiger partial charge in [0.2, 0.25) is 0 Å². The second kappa shape index (κ2) is 7.26. The first kappa shape index (κ1) is 20.8. The van der Waals surface area contributed by atoms with E-state index in [9.17, 15) is 0 Å². The Morgan fingerprint density at radius 1 is 0.846 bits per heavy atom. The van der Waals surface area contributed by atoms with E-state index in [0.717, 1.165) is 24.3 Å². The van der Waals surface area contributed by atoms with Gasteiger partial charge in [-0.2, -0.15) is 0 Å². The maximum Gasteiger partial charge on any atom is 0.250 e. The standard InChI is InChI=1S/C23H36O2Si/c1-11-17-18(12-2)22(25-26(9,10)23(5,6)7)20-16(4)14-13-15(3)19(20)21(17)24-8/h13-14H,11-12H2,1-10H3. The molecule has 2 aromatic carbocycles. The van der Waals surface area contributed by atoms with E-state index in [1.165, 1.54) is 33.0 Å². The predicted octanol–water partition coefficient (Wildman–Crippen LogP) is 6.97. The number of rotatable bonds is 5. The number of benzene rings is 2. The number of hydrogen-bond donors (Lipinski definition) is 0. The van der Waals surface area contributed by atoms with Gasteiger partial charge in [-0.3, -0.25) is 0 Å². The average molecular weight is 373 g/mol. The van der Waals surface area contributed by atoms with E-state index in [1.807, 2.05) is 0 Å². The normalized spacial score (nSPS) is 12.5. The van der Waals surface area contributed by atoms with Crippen molar-refractivity contribution < 1.29 is 9.16 Å². The Hall–Kier alpha value is -1.48. The summed E-state index contributed by atoms with van der Waals surface area (Å²) in [4.78, 5) is 0. The van der Waals surface area contributed by atoms with Gasteiger partial charge in [0.05, 0.1) is 7.11 Å². The van der Waals surface area contributed by atoms with E-state index in [1.54, 1.807) is 7.11 Å². The van der Waals surface area contributed by atoms with E-state index < -0.39 is 8.32 Å². The van der Waals surface area contributed by atoms with Crippen LogP contribution in [0.15, 0.2) is 12.1 Å². The lowest BCUT2D eigenvalue weighted by Crippen LogP contribution is -2.44. The van der Waals surface area contributed by atoms with Crippen molar-refractivity contribution in [2.45, 2.75) is 79.4 Å². The Kier molecular flexibility index (Phi) is 5.82. The van der Waals surface area contributed by atoms with Crippen molar-refractivity contribution in [1.82, 2.24) is 0 Å². The molecular weight excluding hydrogens is 336 g/mol. The van der Waals surface area contributed by atoms with Gasteiger partial charge < -0.3 is 9.16 Å². The molecule has 0 radical (unpaired) electrons. The Labute approximate surface area is 161 Å². The molecule has 0 aliphatic rings. The van der Waals surface area contributed by atoms with Gasteiger partial charge in [-0.05, 0) is 61.5 Å². The zero-order valence-electron chi connectivity index (χ0n) is 18.4. The summed E-state index contributed by atoms with van der Waals surface area (Å²) in [5.74, 6) is 2.14. The maximum atomic E-state index is 6.96. The largest absolute Gasteiger partial charge is 0.543 e. The molecule has 144 valence electrons. The van der Waals surface area contributed by atoms with Crippen LogP contribution in [0.3, 0.4) is 0 Å². The van der Waals surface area contributed by atoms with Gasteiger partial charge in [-0.1, -0.05) is 46.8 Å². The van der Waals surface area contributed by atoms with Gasteiger partial charge in [0.1, 0.15) is 11.5 Å². The monoisotopic (exact) mass is 372 g/mol. The third-order valence-corrected chi connectivity index (χ3v) is 10.4. The molecule has 0 bridgehead atoms. The number of fused-ring (bicyclic) bond motifs is 1. The summed E-state index contributed by atoms with van der Waals surface area (Å²) in [6.45, 7) is 20.4. The van der Waals surface area contributed by atoms with Gasteiger partial charge >= 0.3 is 0 Å². The zero-order chi connectivity index (χ0) is 19.9. The van der Waals surface area contributed by atoms with Crippen molar-refractivity contribution >= 4 is 19.1 Å². The molecule has 26 heavy (non-hydrogen) atoms. The zero-order valence-corrected chi connectivity index (χ0v) is 19.4. The highest BCUT2D eigenvalue weighted by Gasteiger charge is 2.40. The molecule has 2 nitrogen and oxygen atoms in total. The van der Waals surface area contributed by atoms with Crippen LogP contribution in [0.5, 0.6) is 11.5 Å².